The fourth-order valence-corrected chi connectivity index (χ4v) is 0.688. The summed E-state index contributed by atoms with van der Waals surface area (Å²) in [5.74, 6) is 0. The van der Waals surface area contributed by atoms with E-state index in [9.17, 15) is 5.11 Å². The number of aliphatic hydroxyl groups excluding tert-OH is 1. The third kappa shape index (κ3) is 2.28. The molecule has 1 rings (SSSR count). The average Bonchev–Trinajstić information content (AvgIpc) is 2.39. The fourth-order valence-electron chi connectivity index (χ4n) is 0.688. The summed E-state index contributed by atoms with van der Waals surface area (Å²) in [6.07, 6.45) is 2.69. The molecule has 0 aliphatic heterocycles. The van der Waals surface area contributed by atoms with Crippen LogP contribution in [0.25, 0.3) is 0 Å². The molecule has 0 amide bonds. The first-order valence-corrected chi connectivity index (χ1v) is 3.48. The minimum atomic E-state index is -0.559. The van der Waals surface area contributed by atoms with Crippen LogP contribution in [0.15, 0.2) is 12.4 Å². The first-order valence-electron chi connectivity index (χ1n) is 3.48. The molecular weight excluding hydrogens is 144 g/mol. The van der Waals surface area contributed by atoms with Gasteiger partial charge in [-0.15, -0.1) is 5.10 Å². The van der Waals surface area contributed by atoms with E-state index < -0.39 is 6.10 Å². The Hall–Kier alpha value is -0.940. The van der Waals surface area contributed by atoms with Gasteiger partial charge in [-0.25, -0.2) is 4.68 Å². The van der Waals surface area contributed by atoms with Crippen molar-refractivity contribution < 1.29 is 5.11 Å². The van der Waals surface area contributed by atoms with Crippen molar-refractivity contribution in [3.63, 3.8) is 0 Å². The lowest BCUT2D eigenvalue weighted by molar-refractivity contribution is 0.126. The van der Waals surface area contributed by atoms with Gasteiger partial charge in [0, 0.05) is 12.2 Å². The van der Waals surface area contributed by atoms with Crippen molar-refractivity contribution in [1.82, 2.24) is 15.0 Å². The Morgan fingerprint density at radius 2 is 2.45 bits per heavy atom. The highest BCUT2D eigenvalue weighted by Gasteiger charge is 2.09. The molecule has 2 atom stereocenters. The first kappa shape index (κ1) is 8.16. The Labute approximate surface area is 64.8 Å². The van der Waals surface area contributed by atoms with Crippen LogP contribution in [0.1, 0.15) is 6.92 Å². The van der Waals surface area contributed by atoms with E-state index in [4.69, 9.17) is 5.73 Å². The van der Waals surface area contributed by atoms with Crippen LogP contribution in [-0.4, -0.2) is 32.2 Å². The molecule has 5 heteroatoms. The molecule has 11 heavy (non-hydrogen) atoms. The van der Waals surface area contributed by atoms with Gasteiger partial charge in [-0.3, -0.25) is 0 Å². The van der Waals surface area contributed by atoms with Crippen molar-refractivity contribution >= 4 is 0 Å². The van der Waals surface area contributed by atoms with E-state index in [1.807, 2.05) is 0 Å². The molecule has 0 spiro atoms. The molecule has 0 fully saturated rings. The summed E-state index contributed by atoms with van der Waals surface area (Å²) < 4.78 is 1.55. The highest BCUT2D eigenvalue weighted by molar-refractivity contribution is 4.70. The summed E-state index contributed by atoms with van der Waals surface area (Å²) in [7, 11) is 0. The first-order chi connectivity index (χ1) is 5.20. The van der Waals surface area contributed by atoms with Crippen LogP contribution in [0.5, 0.6) is 0 Å². The zero-order valence-corrected chi connectivity index (χ0v) is 6.38. The van der Waals surface area contributed by atoms with Gasteiger partial charge in [0.2, 0.25) is 0 Å². The number of aromatic nitrogens is 3. The predicted octanol–water partition coefficient (Wildman–Crippen LogP) is -1.01. The zero-order valence-electron chi connectivity index (χ0n) is 6.38. The van der Waals surface area contributed by atoms with Crippen molar-refractivity contribution in [1.29, 1.82) is 0 Å². The van der Waals surface area contributed by atoms with Crippen LogP contribution in [0.2, 0.25) is 0 Å². The Kier molecular flexibility index (Phi) is 2.56. The maximum absolute atomic E-state index is 9.28. The number of nitrogens with zero attached hydrogens (tertiary/aromatic N) is 3. The molecule has 0 saturated carbocycles. The Morgan fingerprint density at radius 3 is 2.91 bits per heavy atom. The SMILES string of the molecule is C[C@H](N)C(O)Cn1ccnn1. The monoisotopic (exact) mass is 156 g/mol. The highest BCUT2D eigenvalue weighted by Crippen LogP contribution is 1.92. The number of nitrogens with two attached hydrogens (primary N) is 1. The Bertz CT molecular complexity index is 196. The van der Waals surface area contributed by atoms with Crippen LogP contribution >= 0.6 is 0 Å². The van der Waals surface area contributed by atoms with E-state index in [-0.39, 0.29) is 6.04 Å². The molecule has 0 bridgehead atoms. The molecule has 0 aromatic carbocycles. The lowest BCUT2D eigenvalue weighted by Gasteiger charge is -2.13. The minimum Gasteiger partial charge on any atom is -0.390 e. The number of rotatable bonds is 3. The van der Waals surface area contributed by atoms with Crippen LogP contribution < -0.4 is 5.73 Å². The number of hydrogen-bond acceptors (Lipinski definition) is 4. The van der Waals surface area contributed by atoms with Crippen molar-refractivity contribution in [2.24, 2.45) is 5.73 Å². The van der Waals surface area contributed by atoms with E-state index >= 15 is 0 Å². The molecule has 62 valence electrons. The topological polar surface area (TPSA) is 77.0 Å². The Morgan fingerprint density at radius 1 is 1.73 bits per heavy atom. The summed E-state index contributed by atoms with van der Waals surface area (Å²) in [5.41, 5.74) is 5.44. The second-order valence-corrected chi connectivity index (χ2v) is 2.55. The van der Waals surface area contributed by atoms with Gasteiger partial charge in [-0.2, -0.15) is 0 Å². The number of hydrogen-bond donors (Lipinski definition) is 2. The van der Waals surface area contributed by atoms with E-state index in [0.717, 1.165) is 0 Å². The summed E-state index contributed by atoms with van der Waals surface area (Å²) in [4.78, 5) is 0. The molecule has 5 nitrogen and oxygen atoms in total. The van der Waals surface area contributed by atoms with Crippen LogP contribution in [-0.2, 0) is 6.54 Å². The summed E-state index contributed by atoms with van der Waals surface area (Å²) in [6.45, 7) is 2.15. The lowest BCUT2D eigenvalue weighted by atomic mass is 10.2. The standard InChI is InChI=1S/C6H12N4O/c1-5(7)6(11)4-10-3-2-8-9-10/h2-3,5-6,11H,4,7H2,1H3/t5-,6?/m0/s1. The molecule has 1 aromatic heterocycles. The molecule has 0 saturated heterocycles. The average molecular weight is 156 g/mol. The lowest BCUT2D eigenvalue weighted by Crippen LogP contribution is -2.35. The minimum absolute atomic E-state index is 0.237. The molecule has 1 aromatic rings. The van der Waals surface area contributed by atoms with Crippen molar-refractivity contribution in [2.45, 2.75) is 25.6 Å². The van der Waals surface area contributed by atoms with Gasteiger partial charge in [0.1, 0.15) is 0 Å². The largest absolute Gasteiger partial charge is 0.390 e. The molecule has 0 radical (unpaired) electrons. The molecule has 3 N–H and O–H groups in total. The zero-order chi connectivity index (χ0) is 8.27. The maximum atomic E-state index is 9.28. The predicted molar refractivity (Wildman–Crippen MR) is 39.7 cm³/mol. The van der Waals surface area contributed by atoms with Gasteiger partial charge in [-0.1, -0.05) is 5.21 Å². The highest BCUT2D eigenvalue weighted by atomic mass is 16.3. The fraction of sp³-hybridized carbons (Fsp3) is 0.667. The normalized spacial score (nSPS) is 16.3. The quantitative estimate of drug-likeness (QED) is 0.587. The van der Waals surface area contributed by atoms with Crippen molar-refractivity contribution in [3.8, 4) is 0 Å². The third-order valence-corrected chi connectivity index (χ3v) is 1.45. The van der Waals surface area contributed by atoms with Gasteiger partial charge in [0.05, 0.1) is 18.8 Å². The molecule has 1 unspecified atom stereocenters. The molecule has 1 heterocycles. The summed E-state index contributed by atoms with van der Waals surface area (Å²) >= 11 is 0. The number of aliphatic hydroxyl groups is 1. The third-order valence-electron chi connectivity index (χ3n) is 1.45. The van der Waals surface area contributed by atoms with Gasteiger partial charge in [-0.05, 0) is 6.92 Å². The van der Waals surface area contributed by atoms with Crippen molar-refractivity contribution in [3.05, 3.63) is 12.4 Å². The Balaban J connectivity index is 2.43. The van der Waals surface area contributed by atoms with E-state index in [1.165, 1.54) is 0 Å². The van der Waals surface area contributed by atoms with Gasteiger partial charge >= 0.3 is 0 Å². The summed E-state index contributed by atoms with van der Waals surface area (Å²) in [6, 6.07) is -0.237. The van der Waals surface area contributed by atoms with E-state index in [2.05, 4.69) is 10.3 Å². The van der Waals surface area contributed by atoms with E-state index in [1.54, 1.807) is 24.0 Å². The second kappa shape index (κ2) is 3.45. The second-order valence-electron chi connectivity index (χ2n) is 2.55. The van der Waals surface area contributed by atoms with Crippen LogP contribution in [0.3, 0.4) is 0 Å². The summed E-state index contributed by atoms with van der Waals surface area (Å²) in [5, 5.41) is 16.6. The van der Waals surface area contributed by atoms with E-state index in [0.29, 0.717) is 6.54 Å². The molecule has 0 aliphatic rings. The maximum Gasteiger partial charge on any atom is 0.0884 e. The van der Waals surface area contributed by atoms with Gasteiger partial charge in [0.25, 0.3) is 0 Å². The molecule has 0 aliphatic carbocycles. The smallest absolute Gasteiger partial charge is 0.0884 e. The van der Waals surface area contributed by atoms with Crippen molar-refractivity contribution in [2.75, 3.05) is 0 Å². The van der Waals surface area contributed by atoms with Crippen LogP contribution in [0, 0.1) is 0 Å². The molecular formula is C6H12N4O. The van der Waals surface area contributed by atoms with Gasteiger partial charge < -0.3 is 10.8 Å². The van der Waals surface area contributed by atoms with Gasteiger partial charge in [0.15, 0.2) is 0 Å². The van der Waals surface area contributed by atoms with Crippen LogP contribution in [0.4, 0.5) is 0 Å².